The molecule has 42 heavy (non-hydrogen) atoms. The van der Waals surface area contributed by atoms with Crippen LogP contribution in [0, 0.1) is 11.6 Å². The van der Waals surface area contributed by atoms with Gasteiger partial charge in [-0.3, -0.25) is 0 Å². The number of methoxy groups -OCH3 is 2. The zero-order valence-corrected chi connectivity index (χ0v) is 26.0. The van der Waals surface area contributed by atoms with Crippen LogP contribution >= 0.6 is 12.4 Å². The zero-order chi connectivity index (χ0) is 29.2. The lowest BCUT2D eigenvalue weighted by Gasteiger charge is -2.40. The van der Waals surface area contributed by atoms with Crippen LogP contribution in [0.4, 0.5) is 8.78 Å². The van der Waals surface area contributed by atoms with E-state index >= 15 is 0 Å². The summed E-state index contributed by atoms with van der Waals surface area (Å²) in [6.07, 6.45) is 4.31. The van der Waals surface area contributed by atoms with E-state index in [1.165, 1.54) is 35.4 Å². The van der Waals surface area contributed by atoms with Crippen molar-refractivity contribution in [2.45, 2.75) is 57.7 Å². The van der Waals surface area contributed by atoms with Gasteiger partial charge in [0.2, 0.25) is 0 Å². The molecule has 0 N–H and O–H groups in total. The first-order valence-corrected chi connectivity index (χ1v) is 14.7. The Labute approximate surface area is 255 Å². The molecule has 1 unspecified atom stereocenters. The highest BCUT2D eigenvalue weighted by atomic mass is 35.5. The van der Waals surface area contributed by atoms with E-state index in [0.717, 1.165) is 74.4 Å². The monoisotopic (exact) mass is 603 g/mol. The van der Waals surface area contributed by atoms with Gasteiger partial charge in [-0.2, -0.15) is 0 Å². The summed E-state index contributed by atoms with van der Waals surface area (Å²) in [6, 6.07) is 16.8. The van der Waals surface area contributed by atoms with Gasteiger partial charge in [-0.25, -0.2) is 8.78 Å². The van der Waals surface area contributed by atoms with Crippen molar-refractivity contribution in [3.63, 3.8) is 0 Å². The minimum absolute atomic E-state index is 0. The van der Waals surface area contributed by atoms with E-state index in [1.807, 2.05) is 0 Å². The predicted octanol–water partition coefficient (Wildman–Crippen LogP) is 7.88. The molecule has 0 saturated carbocycles. The molecule has 3 aromatic rings. The van der Waals surface area contributed by atoms with Crippen LogP contribution in [0.3, 0.4) is 0 Å². The lowest BCUT2D eigenvalue weighted by atomic mass is 9.81. The van der Waals surface area contributed by atoms with Crippen molar-refractivity contribution < 1.29 is 27.7 Å². The second kappa shape index (κ2) is 16.2. The Bertz CT molecular complexity index is 1200. The van der Waals surface area contributed by atoms with E-state index in [2.05, 4.69) is 30.9 Å². The third-order valence-electron chi connectivity index (χ3n) is 8.12. The standard InChI is InChI=1S/C34H43F2NO4.ClH/c1-5-7-18-37(19-17-34(6-2)30-24-32(39-4)31(38-3)23-27(30)16-21-41-34)20-22-40-33(25-8-12-28(35)13-9-25)26-10-14-29(36)15-11-26;/h8-15,23-24,33H,5-7,16-22H2,1-4H3;1H. The van der Waals surface area contributed by atoms with Gasteiger partial charge in [-0.05, 0) is 90.9 Å². The fraction of sp³-hybridized carbons (Fsp3) is 0.471. The van der Waals surface area contributed by atoms with E-state index in [0.29, 0.717) is 13.2 Å². The van der Waals surface area contributed by atoms with Gasteiger partial charge in [0.1, 0.15) is 17.7 Å². The Morgan fingerprint density at radius 2 is 1.45 bits per heavy atom. The van der Waals surface area contributed by atoms with E-state index in [4.69, 9.17) is 18.9 Å². The molecule has 0 fully saturated rings. The van der Waals surface area contributed by atoms with Crippen LogP contribution in [-0.2, 0) is 21.5 Å². The van der Waals surface area contributed by atoms with Crippen LogP contribution in [0.25, 0.3) is 0 Å². The van der Waals surface area contributed by atoms with Crippen LogP contribution in [0.1, 0.15) is 67.9 Å². The van der Waals surface area contributed by atoms with Crippen molar-refractivity contribution >= 4 is 12.4 Å². The smallest absolute Gasteiger partial charge is 0.161 e. The summed E-state index contributed by atoms with van der Waals surface area (Å²) in [4.78, 5) is 2.44. The van der Waals surface area contributed by atoms with E-state index < -0.39 is 11.7 Å². The number of ether oxygens (including phenoxy) is 4. The van der Waals surface area contributed by atoms with Gasteiger partial charge in [0.15, 0.2) is 11.5 Å². The SMILES string of the molecule is CCCCN(CCOC(c1ccc(F)cc1)c1ccc(F)cc1)CCC1(CC)OCCc2cc(OC)c(OC)cc21.Cl. The molecule has 4 rings (SSSR count). The molecule has 1 aliphatic rings. The summed E-state index contributed by atoms with van der Waals surface area (Å²) in [7, 11) is 3.33. The van der Waals surface area contributed by atoms with Crippen molar-refractivity contribution in [3.8, 4) is 11.5 Å². The van der Waals surface area contributed by atoms with Crippen molar-refractivity contribution in [1.29, 1.82) is 0 Å². The van der Waals surface area contributed by atoms with Crippen molar-refractivity contribution in [2.75, 3.05) is 47.1 Å². The Balaban J connectivity index is 0.00000484. The van der Waals surface area contributed by atoms with E-state index in [1.54, 1.807) is 38.5 Å². The fourth-order valence-electron chi connectivity index (χ4n) is 5.68. The number of nitrogens with zero attached hydrogens (tertiary/aromatic N) is 1. The second-order valence-corrected chi connectivity index (χ2v) is 10.6. The van der Waals surface area contributed by atoms with Crippen LogP contribution < -0.4 is 9.47 Å². The van der Waals surface area contributed by atoms with Gasteiger partial charge in [-0.1, -0.05) is 44.5 Å². The molecule has 5 nitrogen and oxygen atoms in total. The average Bonchev–Trinajstić information content (AvgIpc) is 3.00. The zero-order valence-electron chi connectivity index (χ0n) is 25.2. The molecular formula is C34H44ClF2NO4. The Morgan fingerprint density at radius 1 is 0.857 bits per heavy atom. The highest BCUT2D eigenvalue weighted by molar-refractivity contribution is 5.85. The van der Waals surface area contributed by atoms with E-state index in [9.17, 15) is 8.78 Å². The second-order valence-electron chi connectivity index (χ2n) is 10.6. The molecule has 1 atom stereocenters. The molecule has 0 radical (unpaired) electrons. The fourth-order valence-corrected chi connectivity index (χ4v) is 5.68. The van der Waals surface area contributed by atoms with Gasteiger partial charge in [0, 0.05) is 13.1 Å². The topological polar surface area (TPSA) is 40.2 Å². The Kier molecular flexibility index (Phi) is 13.1. The highest BCUT2D eigenvalue weighted by Crippen LogP contribution is 2.43. The molecule has 3 aromatic carbocycles. The number of benzene rings is 3. The quantitative estimate of drug-likeness (QED) is 0.177. The predicted molar refractivity (Wildman–Crippen MR) is 165 cm³/mol. The lowest BCUT2D eigenvalue weighted by Crippen LogP contribution is -2.40. The van der Waals surface area contributed by atoms with Crippen molar-refractivity contribution in [1.82, 2.24) is 4.90 Å². The van der Waals surface area contributed by atoms with Crippen LogP contribution in [0.15, 0.2) is 60.7 Å². The maximum absolute atomic E-state index is 13.6. The lowest BCUT2D eigenvalue weighted by molar-refractivity contribution is -0.0751. The van der Waals surface area contributed by atoms with Gasteiger partial charge < -0.3 is 23.8 Å². The molecule has 0 aromatic heterocycles. The molecule has 0 bridgehead atoms. The number of unbranched alkanes of at least 4 members (excludes halogenated alkanes) is 1. The molecule has 1 heterocycles. The average molecular weight is 604 g/mol. The first kappa shape index (κ1) is 33.8. The molecule has 0 spiro atoms. The summed E-state index contributed by atoms with van der Waals surface area (Å²) < 4.78 is 51.4. The summed E-state index contributed by atoms with van der Waals surface area (Å²) in [5, 5.41) is 0. The van der Waals surface area contributed by atoms with E-state index in [-0.39, 0.29) is 24.0 Å². The Morgan fingerprint density at radius 3 is 2.00 bits per heavy atom. The molecule has 0 aliphatic carbocycles. The van der Waals surface area contributed by atoms with Gasteiger partial charge in [-0.15, -0.1) is 12.4 Å². The highest BCUT2D eigenvalue weighted by Gasteiger charge is 2.37. The molecule has 230 valence electrons. The molecule has 8 heteroatoms. The van der Waals surface area contributed by atoms with Gasteiger partial charge in [0.25, 0.3) is 0 Å². The maximum atomic E-state index is 13.6. The summed E-state index contributed by atoms with van der Waals surface area (Å²) >= 11 is 0. The summed E-state index contributed by atoms with van der Waals surface area (Å²) in [5.41, 5.74) is 3.70. The largest absolute Gasteiger partial charge is 0.493 e. The minimum Gasteiger partial charge on any atom is -0.493 e. The van der Waals surface area contributed by atoms with Crippen LogP contribution in [-0.4, -0.2) is 52.0 Å². The number of fused-ring (bicyclic) bond motifs is 1. The first-order chi connectivity index (χ1) is 19.9. The normalized spacial score (nSPS) is 16.3. The number of rotatable bonds is 15. The number of hydrogen-bond donors (Lipinski definition) is 0. The summed E-state index contributed by atoms with van der Waals surface area (Å²) in [6.45, 7) is 8.06. The molecule has 1 aliphatic heterocycles. The van der Waals surface area contributed by atoms with Gasteiger partial charge >= 0.3 is 0 Å². The molecule has 0 saturated heterocycles. The first-order valence-electron chi connectivity index (χ1n) is 14.7. The third-order valence-corrected chi connectivity index (χ3v) is 8.12. The number of hydrogen-bond acceptors (Lipinski definition) is 5. The minimum atomic E-state index is -0.415. The Hall–Kier alpha value is -2.71. The van der Waals surface area contributed by atoms with Gasteiger partial charge in [0.05, 0.1) is 33.0 Å². The third kappa shape index (κ3) is 8.22. The van der Waals surface area contributed by atoms with Crippen molar-refractivity contribution in [3.05, 3.63) is 94.6 Å². The number of halogens is 3. The molecule has 0 amide bonds. The maximum Gasteiger partial charge on any atom is 0.161 e. The van der Waals surface area contributed by atoms with Crippen LogP contribution in [0.5, 0.6) is 11.5 Å². The summed E-state index contributed by atoms with van der Waals surface area (Å²) in [5.74, 6) is 0.865. The van der Waals surface area contributed by atoms with Crippen LogP contribution in [0.2, 0.25) is 0 Å². The molecular weight excluding hydrogens is 560 g/mol. The van der Waals surface area contributed by atoms with Crippen molar-refractivity contribution in [2.24, 2.45) is 0 Å².